The van der Waals surface area contributed by atoms with Gasteiger partial charge in [0.25, 0.3) is 0 Å². The molecule has 1 aromatic heterocycles. The van der Waals surface area contributed by atoms with Crippen LogP contribution in [0.15, 0.2) is 18.3 Å². The summed E-state index contributed by atoms with van der Waals surface area (Å²) in [6.45, 7) is 8.25. The molecule has 78 valence electrons. The molecule has 1 heterocycles. The first-order valence-electron chi connectivity index (χ1n) is 5.15. The van der Waals surface area contributed by atoms with Crippen molar-refractivity contribution in [1.29, 1.82) is 0 Å². The molecule has 0 saturated carbocycles. The van der Waals surface area contributed by atoms with Crippen LogP contribution >= 0.6 is 0 Å². The minimum absolute atomic E-state index is 0.0146. The maximum Gasteiger partial charge on any atom is 0.0569 e. The Morgan fingerprint density at radius 2 is 2.00 bits per heavy atom. The smallest absolute Gasteiger partial charge is 0.0569 e. The minimum atomic E-state index is 0.0146. The second-order valence-electron chi connectivity index (χ2n) is 3.40. The van der Waals surface area contributed by atoms with Gasteiger partial charge in [0, 0.05) is 19.1 Å². The Hall–Kier alpha value is -1.09. The average Bonchev–Trinajstić information content (AvgIpc) is 2.20. The minimum Gasteiger partial charge on any atom is -0.371 e. The van der Waals surface area contributed by atoms with Crippen LogP contribution in [-0.2, 0) is 0 Å². The molecule has 0 spiro atoms. The number of rotatable bonds is 4. The molecule has 0 radical (unpaired) electrons. The quantitative estimate of drug-likeness (QED) is 0.794. The maximum absolute atomic E-state index is 5.73. The zero-order valence-electron chi connectivity index (χ0n) is 9.20. The molecule has 14 heavy (non-hydrogen) atoms. The third kappa shape index (κ3) is 2.45. The summed E-state index contributed by atoms with van der Waals surface area (Å²) in [4.78, 5) is 6.59. The number of hydrogen-bond acceptors (Lipinski definition) is 3. The van der Waals surface area contributed by atoms with Gasteiger partial charge in [0.1, 0.15) is 0 Å². The van der Waals surface area contributed by atoms with Gasteiger partial charge in [-0.1, -0.05) is 0 Å². The monoisotopic (exact) mass is 193 g/mol. The van der Waals surface area contributed by atoms with Crippen molar-refractivity contribution in [3.63, 3.8) is 0 Å². The molecule has 0 saturated heterocycles. The molecule has 1 atom stereocenters. The van der Waals surface area contributed by atoms with Gasteiger partial charge in [-0.15, -0.1) is 0 Å². The number of nitrogens with two attached hydrogens (primary N) is 1. The predicted molar refractivity (Wildman–Crippen MR) is 60.4 cm³/mol. The average molecular weight is 193 g/mol. The largest absolute Gasteiger partial charge is 0.371 e. The second kappa shape index (κ2) is 4.96. The topological polar surface area (TPSA) is 42.1 Å². The lowest BCUT2D eigenvalue weighted by atomic mass is 10.2. The van der Waals surface area contributed by atoms with Gasteiger partial charge in [-0.2, -0.15) is 0 Å². The Morgan fingerprint density at radius 1 is 1.36 bits per heavy atom. The third-order valence-electron chi connectivity index (χ3n) is 2.37. The molecule has 0 unspecified atom stereocenters. The van der Waals surface area contributed by atoms with E-state index in [-0.39, 0.29) is 6.04 Å². The van der Waals surface area contributed by atoms with E-state index >= 15 is 0 Å². The van der Waals surface area contributed by atoms with Crippen molar-refractivity contribution in [3.05, 3.63) is 24.0 Å². The summed E-state index contributed by atoms with van der Waals surface area (Å²) in [5, 5.41) is 0. The molecule has 1 aromatic rings. The van der Waals surface area contributed by atoms with E-state index in [0.717, 1.165) is 18.8 Å². The third-order valence-corrected chi connectivity index (χ3v) is 2.37. The van der Waals surface area contributed by atoms with Crippen molar-refractivity contribution in [2.45, 2.75) is 26.8 Å². The van der Waals surface area contributed by atoms with E-state index in [9.17, 15) is 0 Å². The van der Waals surface area contributed by atoms with Crippen LogP contribution in [0.3, 0.4) is 0 Å². The highest BCUT2D eigenvalue weighted by molar-refractivity contribution is 5.44. The molecule has 0 aliphatic rings. The number of hydrogen-bond donors (Lipinski definition) is 1. The number of pyridine rings is 1. The molecule has 0 fully saturated rings. The Balaban J connectivity index is 2.81. The van der Waals surface area contributed by atoms with Gasteiger partial charge < -0.3 is 10.6 Å². The lowest BCUT2D eigenvalue weighted by Gasteiger charge is -2.20. The van der Waals surface area contributed by atoms with Crippen molar-refractivity contribution in [2.24, 2.45) is 5.73 Å². The van der Waals surface area contributed by atoms with Gasteiger partial charge in [0.05, 0.1) is 17.6 Å². The summed E-state index contributed by atoms with van der Waals surface area (Å²) in [6.07, 6.45) is 1.89. The van der Waals surface area contributed by atoms with Crippen LogP contribution in [0.5, 0.6) is 0 Å². The fraction of sp³-hybridized carbons (Fsp3) is 0.545. The number of nitrogens with zero attached hydrogens (tertiary/aromatic N) is 2. The van der Waals surface area contributed by atoms with Gasteiger partial charge in [0.15, 0.2) is 0 Å². The van der Waals surface area contributed by atoms with E-state index in [0.29, 0.717) is 0 Å². The van der Waals surface area contributed by atoms with Crippen molar-refractivity contribution in [2.75, 3.05) is 18.0 Å². The Morgan fingerprint density at radius 3 is 2.36 bits per heavy atom. The van der Waals surface area contributed by atoms with Gasteiger partial charge in [0.2, 0.25) is 0 Å². The van der Waals surface area contributed by atoms with E-state index in [4.69, 9.17) is 5.73 Å². The van der Waals surface area contributed by atoms with Crippen LogP contribution in [-0.4, -0.2) is 18.1 Å². The normalized spacial score (nSPS) is 12.6. The van der Waals surface area contributed by atoms with Crippen molar-refractivity contribution in [3.8, 4) is 0 Å². The summed E-state index contributed by atoms with van der Waals surface area (Å²) in [7, 11) is 0. The lowest BCUT2D eigenvalue weighted by Crippen LogP contribution is -2.22. The summed E-state index contributed by atoms with van der Waals surface area (Å²) in [5.74, 6) is 0. The Kier molecular flexibility index (Phi) is 3.89. The summed E-state index contributed by atoms with van der Waals surface area (Å²) in [5.41, 5.74) is 7.84. The molecular formula is C11H19N3. The molecule has 3 nitrogen and oxygen atoms in total. The van der Waals surface area contributed by atoms with Gasteiger partial charge in [-0.25, -0.2) is 0 Å². The molecule has 0 aliphatic heterocycles. The SMILES string of the molecule is CCN(CC)c1ccc([C@H](C)N)nc1. The van der Waals surface area contributed by atoms with Crippen LogP contribution < -0.4 is 10.6 Å². The van der Waals surface area contributed by atoms with E-state index in [1.54, 1.807) is 0 Å². The van der Waals surface area contributed by atoms with Gasteiger partial charge >= 0.3 is 0 Å². The maximum atomic E-state index is 5.73. The molecule has 1 rings (SSSR count). The molecule has 0 aliphatic carbocycles. The number of aromatic nitrogens is 1. The zero-order chi connectivity index (χ0) is 10.6. The first kappa shape index (κ1) is 11.0. The standard InChI is InChI=1S/C11H19N3/c1-4-14(5-2)10-6-7-11(9(3)12)13-8-10/h6-9H,4-5,12H2,1-3H3/t9-/m0/s1. The molecular weight excluding hydrogens is 174 g/mol. The first-order chi connectivity index (χ1) is 6.69. The summed E-state index contributed by atoms with van der Waals surface area (Å²) in [6, 6.07) is 4.09. The molecule has 2 N–H and O–H groups in total. The van der Waals surface area contributed by atoms with Crippen LogP contribution in [0.2, 0.25) is 0 Å². The highest BCUT2D eigenvalue weighted by Crippen LogP contribution is 2.14. The first-order valence-corrected chi connectivity index (χ1v) is 5.15. The van der Waals surface area contributed by atoms with Crippen LogP contribution in [0.4, 0.5) is 5.69 Å². The Bertz CT molecular complexity index is 262. The fourth-order valence-electron chi connectivity index (χ4n) is 1.44. The van der Waals surface area contributed by atoms with Crippen LogP contribution in [0, 0.1) is 0 Å². The van der Waals surface area contributed by atoms with Crippen LogP contribution in [0.25, 0.3) is 0 Å². The van der Waals surface area contributed by atoms with E-state index in [1.807, 2.05) is 19.2 Å². The Labute approximate surface area is 85.9 Å². The van der Waals surface area contributed by atoms with Crippen molar-refractivity contribution in [1.82, 2.24) is 4.98 Å². The van der Waals surface area contributed by atoms with Gasteiger partial charge in [-0.3, -0.25) is 4.98 Å². The van der Waals surface area contributed by atoms with Crippen molar-refractivity contribution >= 4 is 5.69 Å². The lowest BCUT2D eigenvalue weighted by molar-refractivity contribution is 0.777. The van der Waals surface area contributed by atoms with Crippen LogP contribution in [0.1, 0.15) is 32.5 Å². The highest BCUT2D eigenvalue weighted by atomic mass is 15.1. The summed E-state index contributed by atoms with van der Waals surface area (Å²) < 4.78 is 0. The predicted octanol–water partition coefficient (Wildman–Crippen LogP) is 1.95. The van der Waals surface area contributed by atoms with Crippen molar-refractivity contribution < 1.29 is 0 Å². The fourth-order valence-corrected chi connectivity index (χ4v) is 1.44. The van der Waals surface area contributed by atoms with E-state index in [1.165, 1.54) is 5.69 Å². The molecule has 3 heteroatoms. The number of anilines is 1. The van der Waals surface area contributed by atoms with Gasteiger partial charge in [-0.05, 0) is 32.9 Å². The zero-order valence-corrected chi connectivity index (χ0v) is 9.20. The highest BCUT2D eigenvalue weighted by Gasteiger charge is 2.04. The second-order valence-corrected chi connectivity index (χ2v) is 3.40. The van der Waals surface area contributed by atoms with E-state index in [2.05, 4.69) is 29.8 Å². The molecule has 0 aromatic carbocycles. The van der Waals surface area contributed by atoms with E-state index < -0.39 is 0 Å². The molecule has 0 bridgehead atoms. The molecule has 0 amide bonds. The summed E-state index contributed by atoms with van der Waals surface area (Å²) >= 11 is 0.